The van der Waals surface area contributed by atoms with Crippen LogP contribution in [-0.2, 0) is 14.3 Å². The largest absolute Gasteiger partial charge is 0.456 e. The zero-order valence-electron chi connectivity index (χ0n) is 15.8. The van der Waals surface area contributed by atoms with Gasteiger partial charge in [0, 0.05) is 21.9 Å². The predicted octanol–water partition coefficient (Wildman–Crippen LogP) is 4.39. The summed E-state index contributed by atoms with van der Waals surface area (Å²) in [7, 11) is 0. The van der Waals surface area contributed by atoms with Crippen LogP contribution in [0.3, 0.4) is 0 Å². The van der Waals surface area contributed by atoms with Gasteiger partial charge in [-0.1, -0.05) is 0 Å². The van der Waals surface area contributed by atoms with Crippen LogP contribution < -0.4 is 5.32 Å². The van der Waals surface area contributed by atoms with Gasteiger partial charge in [-0.15, -0.1) is 11.3 Å². The van der Waals surface area contributed by atoms with Crippen LogP contribution in [-0.4, -0.2) is 24.3 Å². The Labute approximate surface area is 171 Å². The van der Waals surface area contributed by atoms with Gasteiger partial charge in [0.05, 0.1) is 11.3 Å². The number of nitrogens with zero attached hydrogens (tertiary/aromatic N) is 1. The van der Waals surface area contributed by atoms with Crippen molar-refractivity contribution in [1.82, 2.24) is 0 Å². The zero-order valence-corrected chi connectivity index (χ0v) is 17.5. The summed E-state index contributed by atoms with van der Waals surface area (Å²) >= 11 is 2.44. The highest BCUT2D eigenvalue weighted by Gasteiger charge is 2.14. The molecular weight excluding hydrogens is 396 g/mol. The Kier molecular flexibility index (Phi) is 7.79. The van der Waals surface area contributed by atoms with Crippen LogP contribution in [0.4, 0.5) is 5.69 Å². The molecule has 0 spiro atoms. The molecule has 1 aromatic heterocycles. The van der Waals surface area contributed by atoms with Gasteiger partial charge in [-0.3, -0.25) is 14.4 Å². The van der Waals surface area contributed by atoms with Gasteiger partial charge in [0.25, 0.3) is 5.91 Å². The van der Waals surface area contributed by atoms with E-state index in [1.54, 1.807) is 18.2 Å². The molecule has 0 bridgehead atoms. The van der Waals surface area contributed by atoms with Gasteiger partial charge in [0.15, 0.2) is 12.4 Å². The number of thioether (sulfide) groups is 1. The van der Waals surface area contributed by atoms with Crippen molar-refractivity contribution in [3.05, 3.63) is 45.1 Å². The summed E-state index contributed by atoms with van der Waals surface area (Å²) in [5.41, 5.74) is 2.26. The molecule has 2 rings (SSSR count). The number of Topliss-reactive ketones (excluding diaryl/α,β-unsaturated/α-hetero) is 1. The molecule has 6 nitrogen and oxygen atoms in total. The minimum atomic E-state index is -0.592. The summed E-state index contributed by atoms with van der Waals surface area (Å²) in [6.45, 7) is 5.15. The van der Waals surface area contributed by atoms with Crippen LogP contribution in [0.5, 0.6) is 0 Å². The Balaban J connectivity index is 1.81. The number of benzene rings is 1. The number of anilines is 1. The molecule has 0 fully saturated rings. The highest BCUT2D eigenvalue weighted by atomic mass is 32.2. The molecule has 146 valence electrons. The maximum atomic E-state index is 12.1. The van der Waals surface area contributed by atoms with Crippen molar-refractivity contribution in [2.24, 2.45) is 0 Å². The number of nitrogens with one attached hydrogen (secondary N) is 1. The Bertz CT molecular complexity index is 921. The van der Waals surface area contributed by atoms with E-state index in [9.17, 15) is 14.4 Å². The molecule has 0 radical (unpaired) electrons. The Morgan fingerprint density at radius 2 is 1.82 bits per heavy atom. The normalized spacial score (nSPS) is 10.2. The first-order valence-electron chi connectivity index (χ1n) is 8.52. The van der Waals surface area contributed by atoms with Gasteiger partial charge >= 0.3 is 5.97 Å². The second kappa shape index (κ2) is 10.1. The average Bonchev–Trinajstić information content (AvgIpc) is 3.08. The smallest absolute Gasteiger partial charge is 0.306 e. The third kappa shape index (κ3) is 6.22. The molecule has 0 unspecified atom stereocenters. The summed E-state index contributed by atoms with van der Waals surface area (Å²) in [6, 6.07) is 7.21. The minimum Gasteiger partial charge on any atom is -0.456 e. The van der Waals surface area contributed by atoms with Gasteiger partial charge in [-0.25, -0.2) is 0 Å². The van der Waals surface area contributed by atoms with Crippen molar-refractivity contribution in [3.8, 4) is 5.40 Å². The number of thiophene rings is 1. The maximum Gasteiger partial charge on any atom is 0.306 e. The van der Waals surface area contributed by atoms with E-state index in [1.807, 2.05) is 32.2 Å². The fraction of sp³-hybridized carbons (Fsp3) is 0.300. The number of hydrogen-bond donors (Lipinski definition) is 1. The standard InChI is InChI=1S/C20H20N2O4S2/c1-12-8-15(27-11-21)9-13(2)20(12)22-18(24)10-26-19(25)7-5-16(23)17-6-4-14(3)28-17/h4,6,8-9H,5,7,10H2,1-3H3,(H,22,24). The van der Waals surface area contributed by atoms with Gasteiger partial charge in [-0.2, -0.15) is 5.26 Å². The number of carbonyl (C=O) groups is 3. The van der Waals surface area contributed by atoms with Crippen LogP contribution in [0, 0.1) is 31.4 Å². The average molecular weight is 417 g/mol. The van der Waals surface area contributed by atoms with E-state index in [-0.39, 0.29) is 18.6 Å². The fourth-order valence-corrected chi connectivity index (χ4v) is 3.96. The Morgan fingerprint density at radius 1 is 1.14 bits per heavy atom. The first-order chi connectivity index (χ1) is 13.3. The number of rotatable bonds is 8. The molecule has 0 atom stereocenters. The van der Waals surface area contributed by atoms with Crippen molar-refractivity contribution in [2.75, 3.05) is 11.9 Å². The number of hydrogen-bond acceptors (Lipinski definition) is 7. The first kappa shape index (κ1) is 21.7. The Morgan fingerprint density at radius 3 is 2.39 bits per heavy atom. The summed E-state index contributed by atoms with van der Waals surface area (Å²) < 4.78 is 4.96. The number of ketones is 1. The van der Waals surface area contributed by atoms with Crippen LogP contribution in [0.25, 0.3) is 0 Å². The maximum absolute atomic E-state index is 12.1. The molecule has 1 amide bonds. The fourth-order valence-electron chi connectivity index (χ4n) is 2.55. The van der Waals surface area contributed by atoms with Crippen LogP contribution in [0.15, 0.2) is 29.2 Å². The highest BCUT2D eigenvalue weighted by Crippen LogP contribution is 2.27. The van der Waals surface area contributed by atoms with Crippen molar-refractivity contribution in [3.63, 3.8) is 0 Å². The van der Waals surface area contributed by atoms with E-state index < -0.39 is 18.5 Å². The molecule has 0 saturated heterocycles. The summed E-state index contributed by atoms with van der Waals surface area (Å²) in [4.78, 5) is 38.3. The second-order valence-corrected chi connectivity index (χ2v) is 8.31. The lowest BCUT2D eigenvalue weighted by Crippen LogP contribution is -2.22. The van der Waals surface area contributed by atoms with E-state index in [0.29, 0.717) is 10.6 Å². The molecule has 2 aromatic rings. The molecule has 0 aliphatic heterocycles. The van der Waals surface area contributed by atoms with Gasteiger partial charge < -0.3 is 10.1 Å². The number of nitriles is 1. The predicted molar refractivity (Wildman–Crippen MR) is 110 cm³/mol. The van der Waals surface area contributed by atoms with Gasteiger partial charge in [0.1, 0.15) is 5.40 Å². The van der Waals surface area contributed by atoms with Crippen LogP contribution in [0.1, 0.15) is 38.5 Å². The summed E-state index contributed by atoms with van der Waals surface area (Å²) in [6.07, 6.45) is -0.0160. The number of thiocyanates is 1. The monoisotopic (exact) mass is 416 g/mol. The second-order valence-electron chi connectivity index (χ2n) is 6.17. The van der Waals surface area contributed by atoms with E-state index in [1.165, 1.54) is 11.3 Å². The number of ether oxygens (including phenoxy) is 1. The van der Waals surface area contributed by atoms with Gasteiger partial charge in [-0.05, 0) is 67.9 Å². The van der Waals surface area contributed by atoms with Crippen molar-refractivity contribution < 1.29 is 19.1 Å². The molecule has 0 aliphatic carbocycles. The molecule has 0 saturated carbocycles. The SMILES string of the molecule is Cc1ccc(C(=O)CCC(=O)OCC(=O)Nc2c(C)cc(SC#N)cc2C)s1. The van der Waals surface area contributed by atoms with Crippen molar-refractivity contribution in [1.29, 1.82) is 5.26 Å². The first-order valence-corrected chi connectivity index (χ1v) is 10.2. The Hall–Kier alpha value is -2.63. The topological polar surface area (TPSA) is 96.3 Å². The van der Waals surface area contributed by atoms with E-state index in [0.717, 1.165) is 32.7 Å². The minimum absolute atomic E-state index is 0.0522. The van der Waals surface area contributed by atoms with E-state index in [2.05, 4.69) is 5.32 Å². The molecule has 8 heteroatoms. The lowest BCUT2D eigenvalue weighted by Gasteiger charge is -2.13. The highest BCUT2D eigenvalue weighted by molar-refractivity contribution is 8.03. The molecule has 1 N–H and O–H groups in total. The van der Waals surface area contributed by atoms with Crippen molar-refractivity contribution in [2.45, 2.75) is 38.5 Å². The molecule has 1 heterocycles. The third-order valence-electron chi connectivity index (χ3n) is 3.87. The third-order valence-corrected chi connectivity index (χ3v) is 5.47. The number of esters is 1. The van der Waals surface area contributed by atoms with E-state index in [4.69, 9.17) is 10.00 Å². The lowest BCUT2D eigenvalue weighted by molar-refractivity contribution is -0.147. The number of carbonyl (C=O) groups excluding carboxylic acids is 3. The molecule has 1 aromatic carbocycles. The number of amides is 1. The zero-order chi connectivity index (χ0) is 20.7. The molecular formula is C20H20N2O4S2. The molecule has 28 heavy (non-hydrogen) atoms. The van der Waals surface area contributed by atoms with Crippen LogP contribution >= 0.6 is 23.1 Å². The summed E-state index contributed by atoms with van der Waals surface area (Å²) in [5, 5.41) is 13.5. The van der Waals surface area contributed by atoms with Gasteiger partial charge in [0.2, 0.25) is 0 Å². The van der Waals surface area contributed by atoms with Crippen LogP contribution in [0.2, 0.25) is 0 Å². The van der Waals surface area contributed by atoms with Crippen molar-refractivity contribution >= 4 is 46.4 Å². The summed E-state index contributed by atoms with van der Waals surface area (Å²) in [5.74, 6) is -1.16. The number of aryl methyl sites for hydroxylation is 3. The lowest BCUT2D eigenvalue weighted by atomic mass is 10.1. The quantitative estimate of drug-likeness (QED) is 0.297. The molecule has 0 aliphatic rings. The van der Waals surface area contributed by atoms with E-state index >= 15 is 0 Å².